The maximum Gasteiger partial charge on any atom is 0.333 e. The van der Waals surface area contributed by atoms with Crippen LogP contribution in [0.5, 0.6) is 11.8 Å². The van der Waals surface area contributed by atoms with E-state index in [9.17, 15) is 13.6 Å². The quantitative estimate of drug-likeness (QED) is 0.492. The number of rotatable bonds is 5. The highest BCUT2D eigenvalue weighted by molar-refractivity contribution is 5.74. The molecule has 3 heterocycles. The molecule has 0 amide bonds. The molecule has 1 aromatic carbocycles. The number of ether oxygens (including phenoxy) is 1. The number of halogens is 2. The minimum atomic E-state index is -2.69. The lowest BCUT2D eigenvalue weighted by atomic mass is 10.1. The van der Waals surface area contributed by atoms with E-state index in [1.165, 1.54) is 17.0 Å². The molecule has 4 aromatic rings. The number of nitrogens with zero attached hydrogens (tertiary/aromatic N) is 6. The molecule has 0 aliphatic rings. The van der Waals surface area contributed by atoms with Crippen LogP contribution in [0, 0.1) is 6.92 Å². The normalized spacial score (nSPS) is 11.7. The zero-order valence-electron chi connectivity index (χ0n) is 16.9. The molecule has 0 atom stereocenters. The van der Waals surface area contributed by atoms with E-state index in [0.29, 0.717) is 32.7 Å². The number of hydrogen-bond acceptors (Lipinski definition) is 5. The third-order valence-corrected chi connectivity index (χ3v) is 4.77. The van der Waals surface area contributed by atoms with Gasteiger partial charge in [-0.15, -0.1) is 0 Å². The third kappa shape index (κ3) is 3.34. The smallest absolute Gasteiger partial charge is 0.333 e. The molecule has 8 nitrogen and oxygen atoms in total. The topological polar surface area (TPSA) is 79.8 Å². The second-order valence-corrected chi connectivity index (χ2v) is 7.19. The molecular weight excluding hydrogens is 394 g/mol. The highest BCUT2D eigenvalue weighted by Gasteiger charge is 2.17. The molecule has 0 radical (unpaired) electrons. The van der Waals surface area contributed by atoms with E-state index in [4.69, 9.17) is 4.74 Å². The number of benzene rings is 1. The van der Waals surface area contributed by atoms with Crippen LogP contribution in [-0.2, 0) is 7.05 Å². The number of aryl methyl sites for hydroxylation is 1. The molecule has 0 aliphatic carbocycles. The monoisotopic (exact) mass is 414 g/mol. The highest BCUT2D eigenvalue weighted by Crippen LogP contribution is 2.28. The molecule has 0 saturated heterocycles. The lowest BCUT2D eigenvalue weighted by Gasteiger charge is -2.11. The first-order chi connectivity index (χ1) is 14.3. The minimum Gasteiger partial charge on any atom is -0.425 e. The van der Waals surface area contributed by atoms with Gasteiger partial charge in [0.15, 0.2) is 5.65 Å². The van der Waals surface area contributed by atoms with Gasteiger partial charge in [0.05, 0.1) is 11.9 Å². The van der Waals surface area contributed by atoms with Crippen LogP contribution in [-0.4, -0.2) is 29.1 Å². The van der Waals surface area contributed by atoms with E-state index < -0.39 is 6.55 Å². The van der Waals surface area contributed by atoms with E-state index in [1.54, 1.807) is 42.9 Å². The van der Waals surface area contributed by atoms with Crippen LogP contribution in [0.1, 0.15) is 32.1 Å². The van der Waals surface area contributed by atoms with Crippen LogP contribution in [0.25, 0.3) is 22.2 Å². The molecule has 0 bridgehead atoms. The fraction of sp³-hybridized carbons (Fsp3) is 0.300. The van der Waals surface area contributed by atoms with Gasteiger partial charge < -0.3 is 4.74 Å². The second kappa shape index (κ2) is 7.36. The Morgan fingerprint density at radius 3 is 2.43 bits per heavy atom. The van der Waals surface area contributed by atoms with E-state index in [1.807, 2.05) is 13.8 Å². The molecule has 0 aliphatic heterocycles. The SMILES string of the molecule is Cc1nn(C(F)F)cc1-c1ccc(Oc2nc3c(cnn3C(C)C)c(=O)n2C)cc1. The van der Waals surface area contributed by atoms with Crippen molar-refractivity contribution in [2.24, 2.45) is 7.05 Å². The second-order valence-electron chi connectivity index (χ2n) is 7.19. The summed E-state index contributed by atoms with van der Waals surface area (Å²) in [7, 11) is 1.58. The van der Waals surface area contributed by atoms with E-state index in [2.05, 4.69) is 15.2 Å². The molecule has 3 aromatic heterocycles. The Morgan fingerprint density at radius 2 is 1.83 bits per heavy atom. The molecule has 4 rings (SSSR count). The minimum absolute atomic E-state index is 0.0339. The van der Waals surface area contributed by atoms with E-state index in [0.717, 1.165) is 5.56 Å². The first-order valence-electron chi connectivity index (χ1n) is 9.32. The van der Waals surface area contributed by atoms with Crippen molar-refractivity contribution in [1.29, 1.82) is 0 Å². The Labute approximate surface area is 170 Å². The number of hydrogen-bond donors (Lipinski definition) is 0. The number of aromatic nitrogens is 6. The van der Waals surface area contributed by atoms with Crippen molar-refractivity contribution < 1.29 is 13.5 Å². The van der Waals surface area contributed by atoms with Gasteiger partial charge in [0.1, 0.15) is 11.1 Å². The fourth-order valence-corrected chi connectivity index (χ4v) is 3.19. The van der Waals surface area contributed by atoms with Crippen molar-refractivity contribution in [3.63, 3.8) is 0 Å². The Kier molecular flexibility index (Phi) is 4.84. The third-order valence-electron chi connectivity index (χ3n) is 4.77. The average molecular weight is 414 g/mol. The fourth-order valence-electron chi connectivity index (χ4n) is 3.19. The van der Waals surface area contributed by atoms with Gasteiger partial charge >= 0.3 is 12.6 Å². The Balaban J connectivity index is 1.67. The summed E-state index contributed by atoms with van der Waals surface area (Å²) in [6.07, 6.45) is 2.81. The molecule has 156 valence electrons. The van der Waals surface area contributed by atoms with Crippen molar-refractivity contribution in [1.82, 2.24) is 29.1 Å². The number of fused-ring (bicyclic) bond motifs is 1. The summed E-state index contributed by atoms with van der Waals surface area (Å²) < 4.78 is 35.2. The molecular formula is C20H20F2N6O2. The lowest BCUT2D eigenvalue weighted by molar-refractivity contribution is 0.0563. The predicted octanol–water partition coefficient (Wildman–Crippen LogP) is 4.07. The molecule has 0 unspecified atom stereocenters. The Hall–Kier alpha value is -3.56. The van der Waals surface area contributed by atoms with Gasteiger partial charge in [0.2, 0.25) is 0 Å². The van der Waals surface area contributed by atoms with Crippen molar-refractivity contribution in [2.75, 3.05) is 0 Å². The van der Waals surface area contributed by atoms with E-state index in [-0.39, 0.29) is 17.6 Å². The number of alkyl halides is 2. The summed E-state index contributed by atoms with van der Waals surface area (Å²) >= 11 is 0. The van der Waals surface area contributed by atoms with Gasteiger partial charge in [-0.05, 0) is 38.5 Å². The molecule has 0 saturated carbocycles. The van der Waals surface area contributed by atoms with Crippen LogP contribution >= 0.6 is 0 Å². The molecule has 10 heteroatoms. The summed E-state index contributed by atoms with van der Waals surface area (Å²) in [5.74, 6) is 0.454. The van der Waals surface area contributed by atoms with Gasteiger partial charge in [-0.3, -0.25) is 9.36 Å². The van der Waals surface area contributed by atoms with Crippen molar-refractivity contribution in [3.8, 4) is 22.9 Å². The largest absolute Gasteiger partial charge is 0.425 e. The van der Waals surface area contributed by atoms with Gasteiger partial charge in [0, 0.05) is 24.8 Å². The average Bonchev–Trinajstić information content (AvgIpc) is 3.30. The standard InChI is InChI=1S/C20H20F2N6O2/c1-11(2)28-17-15(9-23-28)18(29)26(4)20(24-17)30-14-7-5-13(6-8-14)16-10-27(19(21)22)25-12(16)3/h5-11,19H,1-4H3. The lowest BCUT2D eigenvalue weighted by Crippen LogP contribution is -2.20. The molecule has 0 N–H and O–H groups in total. The van der Waals surface area contributed by atoms with Gasteiger partial charge in [-0.1, -0.05) is 12.1 Å². The first-order valence-corrected chi connectivity index (χ1v) is 9.32. The van der Waals surface area contributed by atoms with Crippen molar-refractivity contribution in [2.45, 2.75) is 33.4 Å². The summed E-state index contributed by atoms with van der Waals surface area (Å²) in [5.41, 5.74) is 2.03. The van der Waals surface area contributed by atoms with Gasteiger partial charge in [0.25, 0.3) is 5.56 Å². The van der Waals surface area contributed by atoms with Crippen LogP contribution < -0.4 is 10.3 Å². The van der Waals surface area contributed by atoms with Crippen molar-refractivity contribution >= 4 is 11.0 Å². The Bertz CT molecular complexity index is 1270. The van der Waals surface area contributed by atoms with Crippen LogP contribution in [0.4, 0.5) is 8.78 Å². The summed E-state index contributed by atoms with van der Waals surface area (Å²) in [4.78, 5) is 17.1. The summed E-state index contributed by atoms with van der Waals surface area (Å²) in [5, 5.41) is 8.48. The van der Waals surface area contributed by atoms with Gasteiger partial charge in [-0.2, -0.15) is 24.0 Å². The summed E-state index contributed by atoms with van der Waals surface area (Å²) in [6, 6.07) is 7.01. The predicted molar refractivity (Wildman–Crippen MR) is 107 cm³/mol. The zero-order chi connectivity index (χ0) is 21.6. The molecule has 0 spiro atoms. The van der Waals surface area contributed by atoms with Crippen LogP contribution in [0.2, 0.25) is 0 Å². The summed E-state index contributed by atoms with van der Waals surface area (Å²) in [6.45, 7) is 2.87. The maximum atomic E-state index is 12.9. The van der Waals surface area contributed by atoms with Gasteiger partial charge in [-0.25, -0.2) is 9.36 Å². The molecule has 30 heavy (non-hydrogen) atoms. The van der Waals surface area contributed by atoms with Crippen molar-refractivity contribution in [3.05, 3.63) is 52.7 Å². The zero-order valence-corrected chi connectivity index (χ0v) is 16.9. The van der Waals surface area contributed by atoms with Crippen LogP contribution in [0.15, 0.2) is 41.5 Å². The first kappa shape index (κ1) is 19.7. The Morgan fingerprint density at radius 1 is 1.13 bits per heavy atom. The van der Waals surface area contributed by atoms with E-state index >= 15 is 0 Å². The molecule has 0 fully saturated rings. The highest BCUT2D eigenvalue weighted by atomic mass is 19.3. The maximum absolute atomic E-state index is 12.9. The van der Waals surface area contributed by atoms with Crippen LogP contribution in [0.3, 0.4) is 0 Å².